The zero-order valence-electron chi connectivity index (χ0n) is 66.9. The maximum Gasteiger partial charge on any atom is 0.267 e. The molecule has 1 aromatic rings. The Balaban J connectivity index is 0.780. The zero-order valence-corrected chi connectivity index (χ0v) is 67.7. The fourth-order valence-electron chi connectivity index (χ4n) is 12.9. The molecule has 5 aliphatic rings. The van der Waals surface area contributed by atoms with E-state index in [1.165, 1.54) is 29.8 Å². The van der Waals surface area contributed by atoms with E-state index < -0.39 is 112 Å². The maximum absolute atomic E-state index is 12.9. The quantitative estimate of drug-likeness (QED) is 0.0242. The van der Waals surface area contributed by atoms with Crippen molar-refractivity contribution in [3.05, 3.63) is 22.9 Å². The van der Waals surface area contributed by atoms with E-state index in [1.54, 1.807) is 24.1 Å². The van der Waals surface area contributed by atoms with Crippen molar-refractivity contribution in [1.29, 1.82) is 0 Å². The molecule has 5 heterocycles. The minimum absolute atomic E-state index is 0.000362. The second-order valence-corrected chi connectivity index (χ2v) is 29.0. The van der Waals surface area contributed by atoms with E-state index in [1.807, 2.05) is 0 Å². The first-order valence-electron chi connectivity index (χ1n) is 40.3. The third-order valence-electron chi connectivity index (χ3n) is 19.5. The topological polar surface area (TPSA) is 500 Å². The summed E-state index contributed by atoms with van der Waals surface area (Å²) in [4.78, 5) is 76.0. The number of unbranched alkanes of at least 4 members (excludes halogenated alkanes) is 4. The van der Waals surface area contributed by atoms with Crippen molar-refractivity contribution < 1.29 is 155 Å². The monoisotopic (exact) mass is 1670 g/mol. The fourth-order valence-corrected chi connectivity index (χ4v) is 13.4. The van der Waals surface area contributed by atoms with Crippen LogP contribution >= 0.6 is 11.8 Å². The molecule has 5 amide bonds. The van der Waals surface area contributed by atoms with Crippen LogP contribution < -0.4 is 16.0 Å². The van der Waals surface area contributed by atoms with Crippen LogP contribution in [0.1, 0.15) is 109 Å². The first-order valence-corrected chi connectivity index (χ1v) is 41.5. The van der Waals surface area contributed by atoms with E-state index in [-0.39, 0.29) is 92.9 Å². The SMILES string of the molecule is CCC(=O)NCCOCCOCCOCCOCCOCCOCCOCCOCCn1cc(CNC(=O)CCCCCO[C@H]2C(COC3OC(COC4OC(CO)C(O)C(O)C4O)[C@H](OCCCCCC(=O)NCCOCCOCCCC(=O)C4CCC(CN5C(=O)C=C(SC)C5=O)CC4)C(O)C3O)OC(OC)C(O)C2O)nn1. The van der Waals surface area contributed by atoms with E-state index in [9.17, 15) is 69.6 Å². The van der Waals surface area contributed by atoms with Crippen LogP contribution in [0, 0.1) is 11.8 Å². The zero-order chi connectivity index (χ0) is 82.8. The Morgan fingerprint density at radius 3 is 1.43 bits per heavy atom. The first kappa shape index (κ1) is 99.2. The highest BCUT2D eigenvalue weighted by atomic mass is 32.2. The number of aromatic nitrogens is 3. The molecule has 13 unspecified atom stereocenters. The smallest absolute Gasteiger partial charge is 0.267 e. The van der Waals surface area contributed by atoms with Crippen molar-refractivity contribution >= 4 is 47.1 Å². The maximum atomic E-state index is 12.9. The van der Waals surface area contributed by atoms with Gasteiger partial charge in [-0.05, 0) is 70.0 Å². The molecular weight excluding hydrogens is 1540 g/mol. The van der Waals surface area contributed by atoms with Gasteiger partial charge in [0, 0.05) is 84.2 Å². The van der Waals surface area contributed by atoms with Gasteiger partial charge in [-0.3, -0.25) is 33.7 Å². The number of rotatable bonds is 66. The van der Waals surface area contributed by atoms with Crippen molar-refractivity contribution in [3.8, 4) is 0 Å². The highest BCUT2D eigenvalue weighted by molar-refractivity contribution is 8.03. The minimum atomic E-state index is -1.78. The molecule has 11 N–H and O–H groups in total. The molecule has 0 radical (unpaired) electrons. The number of nitrogens with zero attached hydrogens (tertiary/aromatic N) is 4. The first-order chi connectivity index (χ1) is 55.9. The van der Waals surface area contributed by atoms with Crippen LogP contribution in [-0.2, 0) is 127 Å². The summed E-state index contributed by atoms with van der Waals surface area (Å²) >= 11 is 1.27. The summed E-state index contributed by atoms with van der Waals surface area (Å²) in [5, 5.41) is 103. The molecule has 3 saturated heterocycles. The molecule has 662 valence electrons. The van der Waals surface area contributed by atoms with Gasteiger partial charge in [0.2, 0.25) is 17.7 Å². The number of hydrogen-bond donors (Lipinski definition) is 11. The van der Waals surface area contributed by atoms with Crippen LogP contribution in [0.15, 0.2) is 17.2 Å². The number of carbonyl (C=O) groups is 6. The number of nitrogens with one attached hydrogen (secondary N) is 3. The van der Waals surface area contributed by atoms with E-state index in [0.29, 0.717) is 214 Å². The molecule has 15 atom stereocenters. The second-order valence-electron chi connectivity index (χ2n) is 28.1. The van der Waals surface area contributed by atoms with Crippen molar-refractivity contribution in [3.63, 3.8) is 0 Å². The number of ketones is 1. The summed E-state index contributed by atoms with van der Waals surface area (Å²) < 4.78 is 104. The van der Waals surface area contributed by atoms with E-state index >= 15 is 0 Å². The number of aliphatic hydroxyl groups excluding tert-OH is 8. The van der Waals surface area contributed by atoms with Crippen molar-refractivity contribution in [2.45, 2.75) is 208 Å². The highest BCUT2D eigenvalue weighted by Gasteiger charge is 2.51. The second kappa shape index (κ2) is 59.2. The number of hydrogen-bond acceptors (Lipinski definition) is 35. The molecule has 0 spiro atoms. The lowest BCUT2D eigenvalue weighted by atomic mass is 9.79. The van der Waals surface area contributed by atoms with Crippen molar-refractivity contribution in [2.75, 3.05) is 198 Å². The normalized spacial score (nSPS) is 26.5. The summed E-state index contributed by atoms with van der Waals surface area (Å²) in [6, 6.07) is 0. The van der Waals surface area contributed by atoms with Gasteiger partial charge < -0.3 is 142 Å². The van der Waals surface area contributed by atoms with Gasteiger partial charge >= 0.3 is 0 Å². The lowest BCUT2D eigenvalue weighted by molar-refractivity contribution is -0.345. The van der Waals surface area contributed by atoms with Crippen LogP contribution in [0.4, 0.5) is 0 Å². The third kappa shape index (κ3) is 37.9. The molecule has 0 aromatic carbocycles. The largest absolute Gasteiger partial charge is 0.394 e. The Morgan fingerprint density at radius 2 is 0.948 bits per heavy atom. The number of Topliss-reactive ketones (excluding diaryl/α,β-unsaturated/α-hetero) is 1. The molecule has 115 heavy (non-hydrogen) atoms. The summed E-state index contributed by atoms with van der Waals surface area (Å²) in [5.74, 6) is -0.527. The number of methoxy groups -OCH3 is 1. The van der Waals surface area contributed by atoms with Crippen LogP contribution in [-0.4, -0.2) is 386 Å². The molecule has 6 rings (SSSR count). The number of imide groups is 1. The molecular formula is C75H129N7O32S. The van der Waals surface area contributed by atoms with Crippen LogP contribution in [0.3, 0.4) is 0 Å². The van der Waals surface area contributed by atoms with Gasteiger partial charge in [-0.2, -0.15) is 0 Å². The fraction of sp³-hybridized carbons (Fsp3) is 0.867. The van der Waals surface area contributed by atoms with E-state index in [0.717, 1.165) is 25.7 Å². The van der Waals surface area contributed by atoms with Crippen LogP contribution in [0.25, 0.3) is 0 Å². The minimum Gasteiger partial charge on any atom is -0.394 e. The lowest BCUT2D eigenvalue weighted by Gasteiger charge is -2.45. The Morgan fingerprint density at radius 1 is 0.496 bits per heavy atom. The van der Waals surface area contributed by atoms with Crippen LogP contribution in [0.5, 0.6) is 0 Å². The van der Waals surface area contributed by atoms with Gasteiger partial charge in [-0.25, -0.2) is 4.68 Å². The van der Waals surface area contributed by atoms with Gasteiger partial charge in [-0.15, -0.1) is 16.9 Å². The molecule has 4 fully saturated rings. The predicted octanol–water partition coefficient (Wildman–Crippen LogP) is -2.26. The summed E-state index contributed by atoms with van der Waals surface area (Å²) in [6.45, 7) is 10.0. The van der Waals surface area contributed by atoms with Gasteiger partial charge in [0.1, 0.15) is 84.7 Å². The Bertz CT molecular complexity index is 2860. The number of thioether (sulfide) groups is 1. The van der Waals surface area contributed by atoms with E-state index in [2.05, 4.69) is 26.3 Å². The number of ether oxygens (including phenoxy) is 18. The van der Waals surface area contributed by atoms with Gasteiger partial charge in [0.15, 0.2) is 18.9 Å². The Labute approximate surface area is 676 Å². The van der Waals surface area contributed by atoms with Gasteiger partial charge in [-0.1, -0.05) is 25.0 Å². The standard InChI is InChI=1S/C75H129N7O32S/c1-4-59(85)76-19-25-99-30-32-102-34-36-104-38-40-106-42-43-107-41-39-105-37-35-103-33-31-101-27-21-81-47-53(79-80-81)45-78-61(87)14-8-6-10-23-108-70-56(113-73(97-2)68(94)65(70)91)49-111-75-69(95)66(92)71(57(114-75)50-110-74-67(93)64(90)63(89)55(48-83)112-74)109-24-9-5-7-13-60(86)77-20-26-100-29-28-98-22-11-12-54(84)52-17-15-51(16-18-52)46-82-62(88)44-58(115-3)72(82)96/h44,47,51-52,55-57,63-71,73-75,83,89-95H,4-43,45-46,48-50H2,1-3H3,(H,76,85)(H,77,86)(H,78,87)/t51?,52?,55?,56?,57?,63?,64?,65?,66?,67?,68?,69?,70-,71-,73?,74?,75?/m0/s1. The van der Waals surface area contributed by atoms with Crippen LogP contribution in [0.2, 0.25) is 0 Å². The van der Waals surface area contributed by atoms with Gasteiger partial charge in [0.25, 0.3) is 11.8 Å². The van der Waals surface area contributed by atoms with Gasteiger partial charge in [0.05, 0.1) is 170 Å². The average molecular weight is 1670 g/mol. The molecule has 40 heteroatoms. The van der Waals surface area contributed by atoms with Crippen molar-refractivity contribution in [2.24, 2.45) is 11.8 Å². The number of amides is 5. The molecule has 1 saturated carbocycles. The molecule has 1 aliphatic carbocycles. The highest BCUT2D eigenvalue weighted by Crippen LogP contribution is 2.34. The number of carbonyl (C=O) groups excluding carboxylic acids is 6. The summed E-state index contributed by atoms with van der Waals surface area (Å²) in [7, 11) is 1.26. The molecule has 39 nitrogen and oxygen atoms in total. The summed E-state index contributed by atoms with van der Waals surface area (Å²) in [6.07, 6.45) is -9.87. The van der Waals surface area contributed by atoms with E-state index in [4.69, 9.17) is 85.3 Å². The predicted molar refractivity (Wildman–Crippen MR) is 405 cm³/mol. The lowest BCUT2D eigenvalue weighted by Crippen LogP contribution is -2.63. The molecule has 4 aliphatic heterocycles. The summed E-state index contributed by atoms with van der Waals surface area (Å²) in [5.41, 5.74) is 0.561. The third-order valence-corrected chi connectivity index (χ3v) is 20.3. The average Bonchev–Trinajstić information content (AvgIpc) is 1.72. The van der Waals surface area contributed by atoms with Crippen molar-refractivity contribution in [1.82, 2.24) is 35.8 Å². The Kier molecular flexibility index (Phi) is 51.1. The molecule has 0 bridgehead atoms. The number of aliphatic hydroxyl groups is 8. The molecule has 1 aromatic heterocycles. The Hall–Kier alpha value is -4.59.